The van der Waals surface area contributed by atoms with E-state index < -0.39 is 6.29 Å². The van der Waals surface area contributed by atoms with Crippen molar-refractivity contribution in [2.24, 2.45) is 0 Å². The van der Waals surface area contributed by atoms with Gasteiger partial charge in [0.05, 0.1) is 11.6 Å². The van der Waals surface area contributed by atoms with Crippen molar-refractivity contribution in [2.75, 3.05) is 13.2 Å². The standard InChI is InChI=1S/C18H16Cl2O3.C5H10O2/c19-13-6-9-16(20)15(11-13)18(21)12-4-7-14(8-5-12)23-17-3-1-2-10-22-17;6-5-3-1-2-4-7-5/h4-9,11,17H,1-3,10H2;5-6H,1-4H2. The van der Waals surface area contributed by atoms with E-state index in [1.807, 2.05) is 0 Å². The largest absolute Gasteiger partial charge is 0.465 e. The summed E-state index contributed by atoms with van der Waals surface area (Å²) in [6, 6.07) is 11.8. The fourth-order valence-electron chi connectivity index (χ4n) is 3.19. The fraction of sp³-hybridized carbons (Fsp3) is 0.435. The predicted octanol–water partition coefficient (Wildman–Crippen LogP) is 5.64. The van der Waals surface area contributed by atoms with Crippen LogP contribution in [0.25, 0.3) is 0 Å². The smallest absolute Gasteiger partial charge is 0.199 e. The van der Waals surface area contributed by atoms with Gasteiger partial charge in [-0.05, 0) is 74.6 Å². The van der Waals surface area contributed by atoms with Crippen molar-refractivity contribution in [3.8, 4) is 5.75 Å². The summed E-state index contributed by atoms with van der Waals surface area (Å²) in [7, 11) is 0. The first-order valence-corrected chi connectivity index (χ1v) is 11.0. The number of ketones is 1. The molecule has 0 radical (unpaired) electrons. The van der Waals surface area contributed by atoms with Crippen LogP contribution in [-0.4, -0.2) is 36.7 Å². The summed E-state index contributed by atoms with van der Waals surface area (Å²) in [5.41, 5.74) is 0.925. The highest BCUT2D eigenvalue weighted by Crippen LogP contribution is 2.25. The van der Waals surface area contributed by atoms with Crippen LogP contribution >= 0.6 is 23.2 Å². The highest BCUT2D eigenvalue weighted by molar-refractivity contribution is 6.36. The molecular weight excluding hydrogens is 427 g/mol. The quantitative estimate of drug-likeness (QED) is 0.608. The maximum Gasteiger partial charge on any atom is 0.199 e. The van der Waals surface area contributed by atoms with E-state index in [-0.39, 0.29) is 12.1 Å². The van der Waals surface area contributed by atoms with Crippen LogP contribution in [0.5, 0.6) is 5.75 Å². The Bertz CT molecular complexity index is 813. The number of hydrogen-bond acceptors (Lipinski definition) is 5. The molecule has 2 fully saturated rings. The Labute approximate surface area is 186 Å². The number of aliphatic hydroxyl groups excluding tert-OH is 1. The van der Waals surface area contributed by atoms with Gasteiger partial charge in [-0.2, -0.15) is 0 Å². The Morgan fingerprint density at radius 2 is 1.63 bits per heavy atom. The van der Waals surface area contributed by atoms with E-state index in [9.17, 15) is 4.79 Å². The minimum Gasteiger partial charge on any atom is -0.465 e. The summed E-state index contributed by atoms with van der Waals surface area (Å²) in [6.45, 7) is 1.47. The van der Waals surface area contributed by atoms with Gasteiger partial charge in [-0.25, -0.2) is 0 Å². The fourth-order valence-corrected chi connectivity index (χ4v) is 3.57. The van der Waals surface area contributed by atoms with Gasteiger partial charge in [0.25, 0.3) is 0 Å². The van der Waals surface area contributed by atoms with Gasteiger partial charge in [-0.3, -0.25) is 4.79 Å². The SMILES string of the molecule is O=C(c1ccc(OC2CCCCO2)cc1)c1cc(Cl)ccc1Cl.OC1CCCCO1. The van der Waals surface area contributed by atoms with Crippen molar-refractivity contribution in [1.82, 2.24) is 0 Å². The highest BCUT2D eigenvalue weighted by Gasteiger charge is 2.17. The third-order valence-electron chi connectivity index (χ3n) is 4.85. The molecule has 2 atom stereocenters. The summed E-state index contributed by atoms with van der Waals surface area (Å²) in [4.78, 5) is 12.5. The molecule has 1 N–H and O–H groups in total. The van der Waals surface area contributed by atoms with E-state index in [4.69, 9.17) is 42.5 Å². The Morgan fingerprint density at radius 3 is 2.20 bits per heavy atom. The van der Waals surface area contributed by atoms with Crippen molar-refractivity contribution in [3.05, 3.63) is 63.6 Å². The molecule has 2 aliphatic heterocycles. The second-order valence-corrected chi connectivity index (χ2v) is 8.06. The molecule has 2 heterocycles. The lowest BCUT2D eigenvalue weighted by Gasteiger charge is -2.23. The minimum absolute atomic E-state index is 0.169. The highest BCUT2D eigenvalue weighted by atomic mass is 35.5. The summed E-state index contributed by atoms with van der Waals surface area (Å²) >= 11 is 12.0. The third kappa shape index (κ3) is 6.96. The van der Waals surface area contributed by atoms with Gasteiger partial charge in [0, 0.05) is 29.2 Å². The van der Waals surface area contributed by atoms with Crippen molar-refractivity contribution in [1.29, 1.82) is 0 Å². The van der Waals surface area contributed by atoms with E-state index in [0.29, 0.717) is 26.9 Å². The third-order valence-corrected chi connectivity index (χ3v) is 5.42. The number of carbonyl (C=O) groups is 1. The lowest BCUT2D eigenvalue weighted by atomic mass is 10.0. The summed E-state index contributed by atoms with van der Waals surface area (Å²) in [6.07, 6.45) is 5.44. The predicted molar refractivity (Wildman–Crippen MR) is 116 cm³/mol. The van der Waals surface area contributed by atoms with E-state index in [1.165, 1.54) is 0 Å². The number of rotatable bonds is 4. The molecule has 5 nitrogen and oxygen atoms in total. The number of aliphatic hydroxyl groups is 1. The van der Waals surface area contributed by atoms with Crippen LogP contribution in [0, 0.1) is 0 Å². The van der Waals surface area contributed by atoms with E-state index in [0.717, 1.165) is 51.7 Å². The topological polar surface area (TPSA) is 65.0 Å². The first-order valence-electron chi connectivity index (χ1n) is 10.2. The molecule has 2 unspecified atom stereocenters. The monoisotopic (exact) mass is 452 g/mol. The van der Waals surface area contributed by atoms with Crippen LogP contribution in [0.4, 0.5) is 0 Å². The van der Waals surface area contributed by atoms with Gasteiger partial charge in [0.2, 0.25) is 0 Å². The lowest BCUT2D eigenvalue weighted by molar-refractivity contribution is -0.123. The summed E-state index contributed by atoms with van der Waals surface area (Å²) in [5.74, 6) is 0.517. The second kappa shape index (κ2) is 11.7. The average molecular weight is 453 g/mol. The van der Waals surface area contributed by atoms with Gasteiger partial charge < -0.3 is 19.3 Å². The van der Waals surface area contributed by atoms with Crippen LogP contribution in [0.1, 0.15) is 54.4 Å². The summed E-state index contributed by atoms with van der Waals surface area (Å²) in [5, 5.41) is 9.55. The Hall–Kier alpha value is -1.63. The Kier molecular flexibility index (Phi) is 8.97. The van der Waals surface area contributed by atoms with E-state index >= 15 is 0 Å². The summed E-state index contributed by atoms with van der Waals surface area (Å²) < 4.78 is 16.1. The van der Waals surface area contributed by atoms with Crippen LogP contribution in [0.2, 0.25) is 10.0 Å². The average Bonchev–Trinajstić information content (AvgIpc) is 2.77. The molecule has 162 valence electrons. The van der Waals surface area contributed by atoms with Crippen molar-refractivity contribution in [2.45, 2.75) is 51.1 Å². The molecule has 0 spiro atoms. The van der Waals surface area contributed by atoms with Crippen LogP contribution in [0.3, 0.4) is 0 Å². The maximum atomic E-state index is 12.5. The molecule has 0 aromatic heterocycles. The molecule has 2 saturated heterocycles. The maximum absolute atomic E-state index is 12.5. The molecule has 0 aliphatic carbocycles. The minimum atomic E-state index is -0.464. The molecule has 7 heteroatoms. The second-order valence-electron chi connectivity index (χ2n) is 7.21. The van der Waals surface area contributed by atoms with E-state index in [1.54, 1.807) is 42.5 Å². The van der Waals surface area contributed by atoms with Gasteiger partial charge >= 0.3 is 0 Å². The normalized spacial score (nSPS) is 21.3. The zero-order valence-corrected chi connectivity index (χ0v) is 18.2. The molecule has 30 heavy (non-hydrogen) atoms. The number of halogens is 2. The van der Waals surface area contributed by atoms with Crippen LogP contribution in [0.15, 0.2) is 42.5 Å². The van der Waals surface area contributed by atoms with Crippen molar-refractivity contribution < 1.29 is 24.1 Å². The van der Waals surface area contributed by atoms with E-state index in [2.05, 4.69) is 0 Å². The molecule has 0 saturated carbocycles. The first kappa shape index (κ1) is 23.0. The molecule has 0 amide bonds. The van der Waals surface area contributed by atoms with Crippen LogP contribution < -0.4 is 4.74 Å². The molecule has 2 aromatic carbocycles. The van der Waals surface area contributed by atoms with Crippen LogP contribution in [-0.2, 0) is 9.47 Å². The molecule has 2 aromatic rings. The molecule has 4 rings (SSSR count). The number of benzene rings is 2. The zero-order chi connectivity index (χ0) is 21.3. The number of carbonyl (C=O) groups excluding carboxylic acids is 1. The van der Waals surface area contributed by atoms with Crippen molar-refractivity contribution >= 4 is 29.0 Å². The Morgan fingerprint density at radius 1 is 0.933 bits per heavy atom. The molecule has 2 aliphatic rings. The number of ether oxygens (including phenoxy) is 3. The molecule has 0 bridgehead atoms. The lowest BCUT2D eigenvalue weighted by Crippen LogP contribution is -2.24. The van der Waals surface area contributed by atoms with Gasteiger partial charge in [0.1, 0.15) is 5.75 Å². The Balaban J connectivity index is 0.000000310. The van der Waals surface area contributed by atoms with Gasteiger partial charge in [0.15, 0.2) is 18.4 Å². The zero-order valence-electron chi connectivity index (χ0n) is 16.7. The van der Waals surface area contributed by atoms with Gasteiger partial charge in [-0.1, -0.05) is 23.2 Å². The first-order chi connectivity index (χ1) is 14.5. The van der Waals surface area contributed by atoms with Crippen molar-refractivity contribution in [3.63, 3.8) is 0 Å². The molecular formula is C23H26Cl2O5. The number of hydrogen-bond donors (Lipinski definition) is 1. The van der Waals surface area contributed by atoms with Gasteiger partial charge in [-0.15, -0.1) is 0 Å².